The predicted octanol–water partition coefficient (Wildman–Crippen LogP) is 5.54. The van der Waals surface area contributed by atoms with Gasteiger partial charge in [-0.15, -0.1) is 0 Å². The van der Waals surface area contributed by atoms with E-state index in [9.17, 15) is 4.79 Å². The molecule has 1 fully saturated rings. The first-order chi connectivity index (χ1) is 14.4. The van der Waals surface area contributed by atoms with Crippen molar-refractivity contribution in [3.63, 3.8) is 0 Å². The summed E-state index contributed by atoms with van der Waals surface area (Å²) >= 11 is 4.91. The number of hydrogen-bond donors (Lipinski definition) is 0. The molecule has 1 amide bonds. The largest absolute Gasteiger partial charge is 0.378 e. The topological polar surface area (TPSA) is 40.8 Å². The number of hydrogen-bond acceptors (Lipinski definition) is 4. The summed E-state index contributed by atoms with van der Waals surface area (Å²) in [6.45, 7) is 0. The van der Waals surface area contributed by atoms with Crippen LogP contribution in [0.5, 0.6) is 0 Å². The second kappa shape index (κ2) is 8.53. The molecule has 0 saturated carbocycles. The number of halogens is 1. The Morgan fingerprint density at radius 1 is 1.07 bits per heavy atom. The van der Waals surface area contributed by atoms with Crippen molar-refractivity contribution in [2.45, 2.75) is 0 Å². The van der Waals surface area contributed by atoms with Crippen molar-refractivity contribution >= 4 is 56.2 Å². The van der Waals surface area contributed by atoms with Crippen LogP contribution in [0.1, 0.15) is 5.69 Å². The second-order valence-corrected chi connectivity index (χ2v) is 8.99. The van der Waals surface area contributed by atoms with E-state index in [0.717, 1.165) is 27.2 Å². The standard InChI is InChI=1S/C23H21BrN4OS/c1-26(2)18-11-9-17(10-12-18)25-23-27(3)22(29)21(30-23)15-20-8-5-13-28(20)19-7-4-6-16(24)14-19/h4-15H,1-3H3/b21-15-,25-23?. The lowest BCUT2D eigenvalue weighted by Crippen LogP contribution is -2.23. The summed E-state index contributed by atoms with van der Waals surface area (Å²) in [6, 6.07) is 20.0. The van der Waals surface area contributed by atoms with Crippen LogP contribution in [0.15, 0.2) is 81.2 Å². The van der Waals surface area contributed by atoms with Gasteiger partial charge in [0.05, 0.1) is 10.6 Å². The third kappa shape index (κ3) is 4.22. The first-order valence-electron chi connectivity index (χ1n) is 9.39. The number of thioether (sulfide) groups is 1. The minimum atomic E-state index is -0.0503. The molecular formula is C23H21BrN4OS. The maximum absolute atomic E-state index is 12.8. The normalized spacial score (nSPS) is 16.7. The van der Waals surface area contributed by atoms with Gasteiger partial charge >= 0.3 is 0 Å². The van der Waals surface area contributed by atoms with E-state index in [1.807, 2.05) is 91.9 Å². The molecule has 3 aromatic rings. The average Bonchev–Trinajstić information content (AvgIpc) is 3.29. The van der Waals surface area contributed by atoms with Crippen LogP contribution >= 0.6 is 27.7 Å². The Bertz CT molecular complexity index is 1150. The van der Waals surface area contributed by atoms with Gasteiger partial charge in [-0.25, -0.2) is 4.99 Å². The van der Waals surface area contributed by atoms with Crippen LogP contribution in [0.3, 0.4) is 0 Å². The number of anilines is 1. The Hall–Kier alpha value is -2.77. The summed E-state index contributed by atoms with van der Waals surface area (Å²) in [5.41, 5.74) is 3.90. The zero-order chi connectivity index (χ0) is 21.3. The molecule has 0 aliphatic carbocycles. The van der Waals surface area contributed by atoms with Gasteiger partial charge in [0.2, 0.25) is 0 Å². The lowest BCUT2D eigenvalue weighted by atomic mass is 10.3. The number of amidine groups is 1. The molecule has 0 bridgehead atoms. The van der Waals surface area contributed by atoms with Gasteiger partial charge in [0.25, 0.3) is 5.91 Å². The highest BCUT2D eigenvalue weighted by Crippen LogP contribution is 2.34. The van der Waals surface area contributed by atoms with E-state index in [1.165, 1.54) is 11.8 Å². The number of aliphatic imine (C=N–C) groups is 1. The quantitative estimate of drug-likeness (QED) is 0.460. The fourth-order valence-corrected chi connectivity index (χ4v) is 4.45. The number of carbonyl (C=O) groups is 1. The summed E-state index contributed by atoms with van der Waals surface area (Å²) in [6.07, 6.45) is 3.91. The van der Waals surface area contributed by atoms with Gasteiger partial charge in [-0.1, -0.05) is 22.0 Å². The Kier molecular flexibility index (Phi) is 5.83. The van der Waals surface area contributed by atoms with Crippen molar-refractivity contribution in [2.75, 3.05) is 26.0 Å². The van der Waals surface area contributed by atoms with E-state index < -0.39 is 0 Å². The van der Waals surface area contributed by atoms with Crippen molar-refractivity contribution in [1.29, 1.82) is 0 Å². The van der Waals surface area contributed by atoms with Gasteiger partial charge in [-0.2, -0.15) is 0 Å². The molecule has 0 N–H and O–H groups in total. The van der Waals surface area contributed by atoms with E-state index in [4.69, 9.17) is 0 Å². The molecule has 1 aliphatic rings. The van der Waals surface area contributed by atoms with Crippen molar-refractivity contribution in [3.05, 3.63) is 81.9 Å². The van der Waals surface area contributed by atoms with E-state index in [2.05, 4.69) is 25.5 Å². The van der Waals surface area contributed by atoms with Crippen molar-refractivity contribution in [3.8, 4) is 5.69 Å². The number of carbonyl (C=O) groups excluding carboxylic acids is 1. The SMILES string of the molecule is CN1C(=O)/C(=C/c2cccn2-c2cccc(Br)c2)SC1=Nc1ccc(N(C)C)cc1. The lowest BCUT2D eigenvalue weighted by molar-refractivity contribution is -0.121. The first-order valence-corrected chi connectivity index (χ1v) is 11.0. The molecule has 152 valence electrons. The summed E-state index contributed by atoms with van der Waals surface area (Å²) < 4.78 is 3.06. The zero-order valence-corrected chi connectivity index (χ0v) is 19.3. The predicted molar refractivity (Wildman–Crippen MR) is 130 cm³/mol. The fourth-order valence-electron chi connectivity index (χ4n) is 3.09. The number of likely N-dealkylation sites (N-methyl/N-ethyl adjacent to an activating group) is 1. The molecule has 0 atom stereocenters. The molecule has 0 radical (unpaired) electrons. The highest BCUT2D eigenvalue weighted by Gasteiger charge is 2.30. The van der Waals surface area contributed by atoms with Crippen LogP contribution < -0.4 is 4.90 Å². The average molecular weight is 481 g/mol. The van der Waals surface area contributed by atoms with Gasteiger partial charge < -0.3 is 9.47 Å². The third-order valence-corrected chi connectivity index (χ3v) is 6.29. The van der Waals surface area contributed by atoms with Crippen LogP contribution in [0.4, 0.5) is 11.4 Å². The van der Waals surface area contributed by atoms with E-state index in [-0.39, 0.29) is 5.91 Å². The third-order valence-electron chi connectivity index (χ3n) is 4.74. The Labute approximate surface area is 188 Å². The van der Waals surface area contributed by atoms with Gasteiger partial charge in [0.1, 0.15) is 0 Å². The minimum absolute atomic E-state index is 0.0503. The molecule has 1 aliphatic heterocycles. The molecule has 2 heterocycles. The summed E-state index contributed by atoms with van der Waals surface area (Å²) in [5, 5.41) is 0.671. The van der Waals surface area contributed by atoms with Gasteiger partial charge in [-0.3, -0.25) is 9.69 Å². The van der Waals surface area contributed by atoms with Gasteiger partial charge in [0.15, 0.2) is 5.17 Å². The van der Waals surface area contributed by atoms with E-state index in [0.29, 0.717) is 10.1 Å². The number of benzene rings is 2. The summed E-state index contributed by atoms with van der Waals surface area (Å²) in [5.74, 6) is -0.0503. The number of aromatic nitrogens is 1. The molecule has 1 saturated heterocycles. The van der Waals surface area contributed by atoms with Crippen LogP contribution in [0.25, 0.3) is 11.8 Å². The van der Waals surface area contributed by atoms with E-state index in [1.54, 1.807) is 11.9 Å². The van der Waals surface area contributed by atoms with Gasteiger partial charge in [0, 0.05) is 48.9 Å². The fraction of sp³-hybridized carbons (Fsp3) is 0.130. The van der Waals surface area contributed by atoms with Crippen molar-refractivity contribution < 1.29 is 4.79 Å². The lowest BCUT2D eigenvalue weighted by Gasteiger charge is -2.12. The Morgan fingerprint density at radius 3 is 2.53 bits per heavy atom. The zero-order valence-electron chi connectivity index (χ0n) is 16.9. The Balaban J connectivity index is 1.62. The second-order valence-electron chi connectivity index (χ2n) is 7.06. The molecule has 2 aromatic carbocycles. The Morgan fingerprint density at radius 2 is 1.83 bits per heavy atom. The van der Waals surface area contributed by atoms with E-state index >= 15 is 0 Å². The number of rotatable bonds is 4. The minimum Gasteiger partial charge on any atom is -0.378 e. The monoisotopic (exact) mass is 480 g/mol. The van der Waals surface area contributed by atoms with Crippen LogP contribution in [0, 0.1) is 0 Å². The smallest absolute Gasteiger partial charge is 0.266 e. The van der Waals surface area contributed by atoms with Crippen LogP contribution in [-0.2, 0) is 4.79 Å². The van der Waals surface area contributed by atoms with Crippen molar-refractivity contribution in [2.24, 2.45) is 4.99 Å². The highest BCUT2D eigenvalue weighted by atomic mass is 79.9. The molecule has 0 unspecified atom stereocenters. The number of nitrogens with zero attached hydrogens (tertiary/aromatic N) is 4. The maximum atomic E-state index is 12.8. The van der Waals surface area contributed by atoms with Crippen molar-refractivity contribution in [1.82, 2.24) is 9.47 Å². The first kappa shape index (κ1) is 20.5. The molecule has 7 heteroatoms. The maximum Gasteiger partial charge on any atom is 0.266 e. The molecule has 1 aromatic heterocycles. The van der Waals surface area contributed by atoms with Gasteiger partial charge in [-0.05, 0) is 72.4 Å². The van der Waals surface area contributed by atoms with Crippen LogP contribution in [0.2, 0.25) is 0 Å². The molecule has 4 rings (SSSR count). The molecule has 0 spiro atoms. The summed E-state index contributed by atoms with van der Waals surface area (Å²) in [7, 11) is 5.76. The van der Waals surface area contributed by atoms with Crippen LogP contribution in [-0.4, -0.2) is 41.7 Å². The summed E-state index contributed by atoms with van der Waals surface area (Å²) in [4.78, 5) is 21.8. The number of amides is 1. The molecular weight excluding hydrogens is 460 g/mol. The molecule has 30 heavy (non-hydrogen) atoms. The molecule has 5 nitrogen and oxygen atoms in total. The highest BCUT2D eigenvalue weighted by molar-refractivity contribution is 9.10.